The highest BCUT2D eigenvalue weighted by Crippen LogP contribution is 2.63. The molecule has 7 rings (SSSR count). The van der Waals surface area contributed by atoms with Crippen molar-refractivity contribution in [1.29, 1.82) is 0 Å². The molecule has 5 aromatic rings. The fraction of sp³-hybridized carbons (Fsp3) is 0.0857. The molecule has 2 aliphatic rings. The smallest absolute Gasteiger partial charge is 0.328 e. The molecule has 2 atom stereocenters. The van der Waals surface area contributed by atoms with Crippen molar-refractivity contribution in [3.8, 4) is 11.3 Å². The number of aromatic nitrogens is 1. The number of rotatable bonds is 6. The fourth-order valence-corrected chi connectivity index (χ4v) is 7.02. The normalized spacial score (nSPS) is 18.8. The summed E-state index contributed by atoms with van der Waals surface area (Å²) in [5.41, 5.74) is 0.0407. The summed E-state index contributed by atoms with van der Waals surface area (Å²) in [6, 6.07) is 23.0. The number of carbonyl (C=O) groups is 3. The van der Waals surface area contributed by atoms with Crippen molar-refractivity contribution < 1.29 is 28.8 Å². The van der Waals surface area contributed by atoms with Crippen molar-refractivity contribution in [3.05, 3.63) is 155 Å². The molecule has 4 aromatic carbocycles. The average Bonchev–Trinajstić information content (AvgIpc) is 3.53. The standard InChI is InChI=1S/C35H21Cl2N5O8/c36-22-9-3-19(4-10-22)28-26(17-18-1-13-24(14-2-18)41(46)47)30-27(31(50-40-30)21-7-15-25(16-8-21)42(48)49)29(20-5-11-23(37)12-6-20)35(28)32(43)38-34(45)39-33(35)44/h1-17,28-29H,(H2,38,39,43,44,45)/b26-17-. The largest absolute Gasteiger partial charge is 0.355 e. The van der Waals surface area contributed by atoms with E-state index in [4.69, 9.17) is 27.7 Å². The van der Waals surface area contributed by atoms with Gasteiger partial charge in [-0.15, -0.1) is 0 Å². The Balaban J connectivity index is 1.61. The maximum Gasteiger partial charge on any atom is 0.328 e. The minimum Gasteiger partial charge on any atom is -0.355 e. The third kappa shape index (κ3) is 5.29. The third-order valence-electron chi connectivity index (χ3n) is 8.89. The molecule has 4 amide bonds. The molecule has 2 N–H and O–H groups in total. The zero-order valence-electron chi connectivity index (χ0n) is 25.3. The van der Waals surface area contributed by atoms with Crippen LogP contribution in [0.4, 0.5) is 16.2 Å². The first kappa shape index (κ1) is 32.4. The lowest BCUT2D eigenvalue weighted by Crippen LogP contribution is -2.67. The SMILES string of the molecule is O=C1NC(=O)C2(C(=O)N1)C(c1ccc(Cl)cc1)/C(=C/c1ccc([N+](=O)[O-])cc1)c1noc(-c3ccc([N+](=O)[O-])cc3)c1C2c1ccc(Cl)cc1. The monoisotopic (exact) mass is 709 g/mol. The van der Waals surface area contributed by atoms with Crippen molar-refractivity contribution in [3.63, 3.8) is 0 Å². The summed E-state index contributed by atoms with van der Waals surface area (Å²) in [6.45, 7) is 0. The summed E-state index contributed by atoms with van der Waals surface area (Å²) in [5, 5.41) is 32.7. The summed E-state index contributed by atoms with van der Waals surface area (Å²) in [6.07, 6.45) is 1.64. The number of nitro benzene ring substituents is 2. The number of halogens is 2. The van der Waals surface area contributed by atoms with Crippen LogP contribution in [-0.2, 0) is 9.59 Å². The molecule has 248 valence electrons. The molecule has 50 heavy (non-hydrogen) atoms. The Labute approximate surface area is 291 Å². The molecule has 1 saturated heterocycles. The Morgan fingerprint density at radius 3 is 1.68 bits per heavy atom. The molecule has 13 nitrogen and oxygen atoms in total. The average molecular weight is 710 g/mol. The first-order chi connectivity index (χ1) is 24.0. The van der Waals surface area contributed by atoms with Crippen LogP contribution in [0.25, 0.3) is 23.0 Å². The number of amides is 4. The molecule has 1 fully saturated rings. The maximum atomic E-state index is 14.6. The number of hydrogen-bond acceptors (Lipinski definition) is 9. The Hall–Kier alpha value is -6.18. The number of hydrogen-bond donors (Lipinski definition) is 2. The number of urea groups is 1. The van der Waals surface area contributed by atoms with Crippen molar-refractivity contribution >= 4 is 64.1 Å². The van der Waals surface area contributed by atoms with E-state index in [1.165, 1.54) is 48.5 Å². The Morgan fingerprint density at radius 2 is 1.18 bits per heavy atom. The zero-order valence-corrected chi connectivity index (χ0v) is 26.8. The van der Waals surface area contributed by atoms with Crippen LogP contribution in [0.3, 0.4) is 0 Å². The van der Waals surface area contributed by atoms with Crippen molar-refractivity contribution in [1.82, 2.24) is 15.8 Å². The highest BCUT2D eigenvalue weighted by Gasteiger charge is 2.66. The van der Waals surface area contributed by atoms with E-state index in [0.29, 0.717) is 37.9 Å². The lowest BCUT2D eigenvalue weighted by atomic mass is 9.52. The molecule has 1 spiro atoms. The topological polar surface area (TPSA) is 188 Å². The molecule has 0 radical (unpaired) electrons. The van der Waals surface area contributed by atoms with Gasteiger partial charge in [0.2, 0.25) is 11.8 Å². The zero-order chi connectivity index (χ0) is 35.3. The first-order valence-corrected chi connectivity index (χ1v) is 15.6. The number of nitro groups is 2. The predicted octanol–water partition coefficient (Wildman–Crippen LogP) is 7.29. The molecular formula is C35H21Cl2N5O8. The van der Waals surface area contributed by atoms with Gasteiger partial charge in [-0.1, -0.05) is 52.6 Å². The Bertz CT molecular complexity index is 2230. The number of benzene rings is 4. The lowest BCUT2D eigenvalue weighted by Gasteiger charge is -2.49. The highest BCUT2D eigenvalue weighted by atomic mass is 35.5. The maximum absolute atomic E-state index is 14.6. The van der Waals surface area contributed by atoms with Gasteiger partial charge in [0.1, 0.15) is 5.69 Å². The molecule has 2 heterocycles. The molecule has 0 saturated carbocycles. The van der Waals surface area contributed by atoms with E-state index in [9.17, 15) is 34.6 Å². The van der Waals surface area contributed by atoms with Gasteiger partial charge in [-0.2, -0.15) is 0 Å². The molecule has 1 aliphatic heterocycles. The van der Waals surface area contributed by atoms with E-state index in [1.807, 2.05) is 0 Å². The molecule has 2 unspecified atom stereocenters. The second kappa shape index (κ2) is 12.4. The minimum absolute atomic E-state index is 0.107. The van der Waals surface area contributed by atoms with E-state index in [-0.39, 0.29) is 28.4 Å². The van der Waals surface area contributed by atoms with Gasteiger partial charge in [-0.05, 0) is 76.9 Å². The molecule has 1 aromatic heterocycles. The van der Waals surface area contributed by atoms with Crippen LogP contribution in [0.15, 0.2) is 102 Å². The third-order valence-corrected chi connectivity index (χ3v) is 9.39. The summed E-state index contributed by atoms with van der Waals surface area (Å²) in [5.74, 6) is -4.07. The highest BCUT2D eigenvalue weighted by molar-refractivity contribution is 6.31. The van der Waals surface area contributed by atoms with Gasteiger partial charge in [0.15, 0.2) is 11.2 Å². The van der Waals surface area contributed by atoms with Crippen LogP contribution in [0.5, 0.6) is 0 Å². The van der Waals surface area contributed by atoms with Crippen molar-refractivity contribution in [2.75, 3.05) is 0 Å². The quantitative estimate of drug-likeness (QED) is 0.104. The summed E-state index contributed by atoms with van der Waals surface area (Å²) in [7, 11) is 0. The summed E-state index contributed by atoms with van der Waals surface area (Å²) < 4.78 is 6.00. The first-order valence-electron chi connectivity index (χ1n) is 14.9. The molecule has 15 heteroatoms. The van der Waals surface area contributed by atoms with E-state index < -0.39 is 44.9 Å². The van der Waals surface area contributed by atoms with Crippen LogP contribution < -0.4 is 10.6 Å². The number of nitrogens with zero attached hydrogens (tertiary/aromatic N) is 3. The van der Waals surface area contributed by atoms with Gasteiger partial charge in [-0.3, -0.25) is 40.5 Å². The second-order valence-corrected chi connectivity index (χ2v) is 12.5. The number of allylic oxidation sites excluding steroid dienone is 1. The van der Waals surface area contributed by atoms with E-state index in [2.05, 4.69) is 15.8 Å². The molecule has 0 bridgehead atoms. The fourth-order valence-electron chi connectivity index (χ4n) is 6.77. The van der Waals surface area contributed by atoms with Gasteiger partial charge >= 0.3 is 6.03 Å². The number of imide groups is 2. The predicted molar refractivity (Wildman–Crippen MR) is 181 cm³/mol. The summed E-state index contributed by atoms with van der Waals surface area (Å²) in [4.78, 5) is 63.7. The van der Waals surface area contributed by atoms with Crippen LogP contribution in [0.1, 0.15) is 39.8 Å². The summed E-state index contributed by atoms with van der Waals surface area (Å²) >= 11 is 12.6. The number of nitrogens with one attached hydrogen (secondary N) is 2. The number of carbonyl (C=O) groups excluding carboxylic acids is 3. The van der Waals surface area contributed by atoms with Crippen molar-refractivity contribution in [2.24, 2.45) is 5.41 Å². The molecular weight excluding hydrogens is 689 g/mol. The minimum atomic E-state index is -2.14. The van der Waals surface area contributed by atoms with E-state index >= 15 is 0 Å². The van der Waals surface area contributed by atoms with E-state index in [0.717, 1.165) is 0 Å². The van der Waals surface area contributed by atoms with E-state index in [1.54, 1.807) is 54.6 Å². The number of non-ortho nitro benzene ring substituents is 2. The number of barbiturate groups is 1. The van der Waals surface area contributed by atoms with Crippen LogP contribution in [0.2, 0.25) is 10.0 Å². The van der Waals surface area contributed by atoms with Gasteiger partial charge in [-0.25, -0.2) is 4.79 Å². The Kier molecular flexibility index (Phi) is 8.01. The molecule has 1 aliphatic carbocycles. The van der Waals surface area contributed by atoms with Gasteiger partial charge in [0.25, 0.3) is 11.4 Å². The van der Waals surface area contributed by atoms with Crippen LogP contribution in [0, 0.1) is 25.6 Å². The van der Waals surface area contributed by atoms with Crippen LogP contribution in [-0.4, -0.2) is 32.8 Å². The second-order valence-electron chi connectivity index (χ2n) is 11.6. The van der Waals surface area contributed by atoms with Gasteiger partial charge < -0.3 is 4.52 Å². The van der Waals surface area contributed by atoms with Gasteiger partial charge in [0.05, 0.1) is 9.85 Å². The lowest BCUT2D eigenvalue weighted by molar-refractivity contribution is -0.385. The van der Waals surface area contributed by atoms with Crippen LogP contribution >= 0.6 is 23.2 Å². The van der Waals surface area contributed by atoms with Crippen molar-refractivity contribution in [2.45, 2.75) is 11.8 Å². The number of fused-ring (bicyclic) bond motifs is 1. The Morgan fingerprint density at radius 1 is 0.700 bits per heavy atom. The van der Waals surface area contributed by atoms with Gasteiger partial charge in [0, 0.05) is 57.3 Å².